The fraction of sp³-hybridized carbons (Fsp3) is 0.278. The summed E-state index contributed by atoms with van der Waals surface area (Å²) in [6.07, 6.45) is 0. The second kappa shape index (κ2) is 10.3. The Kier molecular flexibility index (Phi) is 7.98. The van der Waals surface area contributed by atoms with E-state index < -0.39 is 0 Å². The molecule has 0 aliphatic carbocycles. The number of benzene rings is 2. The number of ether oxygens (including phenoxy) is 1. The monoisotopic (exact) mass is 365 g/mol. The highest BCUT2D eigenvalue weighted by Crippen LogP contribution is 2.21. The maximum atomic E-state index is 13.4. The Balaban J connectivity index is 1.58. The molecule has 0 unspecified atom stereocenters. The average Bonchev–Trinajstić information content (AvgIpc) is 2.61. The Morgan fingerprint density at radius 2 is 1.92 bits per heavy atom. The average molecular weight is 365 g/mol. The molecule has 0 spiro atoms. The van der Waals surface area contributed by atoms with Gasteiger partial charge < -0.3 is 10.1 Å². The van der Waals surface area contributed by atoms with Gasteiger partial charge in [-0.3, -0.25) is 4.79 Å². The number of carbonyl (C=O) groups is 1. The summed E-state index contributed by atoms with van der Waals surface area (Å²) < 4.78 is 18.5. The van der Waals surface area contributed by atoms with E-state index in [1.54, 1.807) is 31.0 Å². The summed E-state index contributed by atoms with van der Waals surface area (Å²) in [5, 5.41) is 2.88. The third-order valence-corrected chi connectivity index (χ3v) is 5.23. The van der Waals surface area contributed by atoms with Crippen LogP contribution < -0.4 is 10.1 Å². The molecule has 24 heavy (non-hydrogen) atoms. The Bertz CT molecular complexity index is 650. The maximum Gasteiger partial charge on any atom is 0.230 e. The lowest BCUT2D eigenvalue weighted by atomic mass is 10.2. The normalized spacial score (nSPS) is 10.4. The Hall–Kier alpha value is -1.66. The number of rotatable bonds is 9. The van der Waals surface area contributed by atoms with Gasteiger partial charge in [0.05, 0.1) is 12.9 Å². The fourth-order valence-corrected chi connectivity index (χ4v) is 3.51. The van der Waals surface area contributed by atoms with E-state index in [1.165, 1.54) is 17.8 Å². The van der Waals surface area contributed by atoms with Gasteiger partial charge in [0, 0.05) is 22.9 Å². The highest BCUT2D eigenvalue weighted by Gasteiger charge is 2.04. The molecule has 1 N–H and O–H groups in total. The zero-order valence-electron chi connectivity index (χ0n) is 13.5. The van der Waals surface area contributed by atoms with Gasteiger partial charge in [-0.15, -0.1) is 11.8 Å². The molecule has 3 nitrogen and oxygen atoms in total. The first-order valence-corrected chi connectivity index (χ1v) is 9.68. The standard InChI is InChI=1S/C18H20FNO2S2/c1-22-15-6-8-16(9-7-15)24-13-18(21)20-10-11-23-12-14-4-2-3-5-17(14)19/h2-9H,10-13H2,1H3,(H,20,21). The van der Waals surface area contributed by atoms with Gasteiger partial charge in [0.2, 0.25) is 5.91 Å². The maximum absolute atomic E-state index is 13.4. The smallest absolute Gasteiger partial charge is 0.230 e. The highest BCUT2D eigenvalue weighted by atomic mass is 32.2. The zero-order valence-corrected chi connectivity index (χ0v) is 15.1. The quantitative estimate of drug-likeness (QED) is 0.539. The molecule has 0 saturated carbocycles. The second-order valence-electron chi connectivity index (χ2n) is 4.96. The lowest BCUT2D eigenvalue weighted by Gasteiger charge is -2.06. The molecule has 6 heteroatoms. The first-order valence-electron chi connectivity index (χ1n) is 7.54. The van der Waals surface area contributed by atoms with E-state index >= 15 is 0 Å². The minimum atomic E-state index is -0.176. The van der Waals surface area contributed by atoms with Gasteiger partial charge in [-0.2, -0.15) is 11.8 Å². The third-order valence-electron chi connectivity index (χ3n) is 3.21. The number of nitrogens with one attached hydrogen (secondary N) is 1. The number of hydrogen-bond acceptors (Lipinski definition) is 4. The molecule has 0 radical (unpaired) electrons. The van der Waals surface area contributed by atoms with E-state index in [4.69, 9.17) is 4.74 Å². The van der Waals surface area contributed by atoms with E-state index in [9.17, 15) is 9.18 Å². The summed E-state index contributed by atoms with van der Waals surface area (Å²) in [6.45, 7) is 0.584. The lowest BCUT2D eigenvalue weighted by Crippen LogP contribution is -2.27. The summed E-state index contributed by atoms with van der Waals surface area (Å²) in [5.74, 6) is 2.38. The Labute approximate surface area is 150 Å². The van der Waals surface area contributed by atoms with Crippen LogP contribution in [0.25, 0.3) is 0 Å². The molecule has 2 aromatic carbocycles. The van der Waals surface area contributed by atoms with Crippen molar-refractivity contribution in [3.63, 3.8) is 0 Å². The van der Waals surface area contributed by atoms with Gasteiger partial charge in [0.15, 0.2) is 0 Å². The van der Waals surface area contributed by atoms with Crippen molar-refractivity contribution in [3.8, 4) is 5.75 Å². The minimum Gasteiger partial charge on any atom is -0.497 e. The summed E-state index contributed by atoms with van der Waals surface area (Å²) >= 11 is 3.09. The number of methoxy groups -OCH3 is 1. The van der Waals surface area contributed by atoms with Crippen LogP contribution >= 0.6 is 23.5 Å². The van der Waals surface area contributed by atoms with Crippen LogP contribution in [0.1, 0.15) is 5.56 Å². The van der Waals surface area contributed by atoms with Crippen LogP contribution in [0.15, 0.2) is 53.4 Å². The zero-order chi connectivity index (χ0) is 17.2. The number of carbonyl (C=O) groups excluding carboxylic acids is 1. The first-order chi connectivity index (χ1) is 11.7. The molecular weight excluding hydrogens is 345 g/mol. The molecule has 2 rings (SSSR count). The predicted molar refractivity (Wildman–Crippen MR) is 99.3 cm³/mol. The van der Waals surface area contributed by atoms with Crippen molar-refractivity contribution >= 4 is 29.4 Å². The van der Waals surface area contributed by atoms with Crippen molar-refractivity contribution in [3.05, 3.63) is 59.9 Å². The molecule has 0 saturated heterocycles. The van der Waals surface area contributed by atoms with Gasteiger partial charge in [0.25, 0.3) is 0 Å². The number of halogens is 1. The molecule has 128 valence electrons. The van der Waals surface area contributed by atoms with Crippen LogP contribution in [0, 0.1) is 5.82 Å². The van der Waals surface area contributed by atoms with Gasteiger partial charge in [-0.25, -0.2) is 4.39 Å². The van der Waals surface area contributed by atoms with E-state index in [0.29, 0.717) is 23.6 Å². The SMILES string of the molecule is COc1ccc(SCC(=O)NCCSCc2ccccc2F)cc1. The van der Waals surface area contributed by atoms with Crippen molar-refractivity contribution < 1.29 is 13.9 Å². The second-order valence-corrected chi connectivity index (χ2v) is 7.11. The number of hydrogen-bond donors (Lipinski definition) is 1. The molecule has 0 heterocycles. The van der Waals surface area contributed by atoms with Crippen LogP contribution in [0.2, 0.25) is 0 Å². The minimum absolute atomic E-state index is 0.00214. The van der Waals surface area contributed by atoms with E-state index in [0.717, 1.165) is 16.4 Å². The van der Waals surface area contributed by atoms with Crippen molar-refractivity contribution in [2.45, 2.75) is 10.6 Å². The summed E-state index contributed by atoms with van der Waals surface area (Å²) in [7, 11) is 1.62. The lowest BCUT2D eigenvalue weighted by molar-refractivity contribution is -0.118. The largest absolute Gasteiger partial charge is 0.497 e. The van der Waals surface area contributed by atoms with Gasteiger partial charge in [-0.05, 0) is 35.9 Å². The third kappa shape index (κ3) is 6.45. The summed E-state index contributed by atoms with van der Waals surface area (Å²) in [4.78, 5) is 12.8. The van der Waals surface area contributed by atoms with E-state index in [2.05, 4.69) is 5.32 Å². The molecule has 0 fully saturated rings. The predicted octanol–water partition coefficient (Wildman–Crippen LogP) is 3.98. The molecular formula is C18H20FNO2S2. The van der Waals surface area contributed by atoms with Crippen molar-refractivity contribution in [1.82, 2.24) is 5.32 Å². The van der Waals surface area contributed by atoms with Crippen LogP contribution in [0.3, 0.4) is 0 Å². The van der Waals surface area contributed by atoms with Crippen LogP contribution in [0.5, 0.6) is 5.75 Å². The van der Waals surface area contributed by atoms with E-state index in [-0.39, 0.29) is 11.7 Å². The van der Waals surface area contributed by atoms with Crippen molar-refractivity contribution in [2.75, 3.05) is 25.2 Å². The molecule has 1 amide bonds. The van der Waals surface area contributed by atoms with Gasteiger partial charge >= 0.3 is 0 Å². The highest BCUT2D eigenvalue weighted by molar-refractivity contribution is 8.00. The molecule has 0 aliphatic heterocycles. The van der Waals surface area contributed by atoms with Crippen LogP contribution in [-0.4, -0.2) is 31.1 Å². The topological polar surface area (TPSA) is 38.3 Å². The van der Waals surface area contributed by atoms with Crippen molar-refractivity contribution in [2.24, 2.45) is 0 Å². The number of thioether (sulfide) groups is 2. The van der Waals surface area contributed by atoms with Crippen LogP contribution in [0.4, 0.5) is 4.39 Å². The molecule has 2 aromatic rings. The molecule has 0 atom stereocenters. The van der Waals surface area contributed by atoms with Crippen LogP contribution in [-0.2, 0) is 10.5 Å². The van der Waals surface area contributed by atoms with E-state index in [1.807, 2.05) is 30.3 Å². The summed E-state index contributed by atoms with van der Waals surface area (Å²) in [6, 6.07) is 14.4. The summed E-state index contributed by atoms with van der Waals surface area (Å²) in [5.41, 5.74) is 0.698. The number of amides is 1. The molecule has 0 aliphatic rings. The molecule has 0 aromatic heterocycles. The van der Waals surface area contributed by atoms with Gasteiger partial charge in [-0.1, -0.05) is 18.2 Å². The van der Waals surface area contributed by atoms with Gasteiger partial charge in [0.1, 0.15) is 11.6 Å². The first kappa shape index (κ1) is 18.7. The fourth-order valence-electron chi connectivity index (χ4n) is 1.93. The van der Waals surface area contributed by atoms with Crippen molar-refractivity contribution in [1.29, 1.82) is 0 Å². The Morgan fingerprint density at radius 3 is 2.62 bits per heavy atom. The Morgan fingerprint density at radius 1 is 1.17 bits per heavy atom. The molecule has 0 bridgehead atoms.